The van der Waals surface area contributed by atoms with Gasteiger partial charge in [-0.15, -0.1) is 10.2 Å². The van der Waals surface area contributed by atoms with Crippen molar-refractivity contribution in [3.05, 3.63) is 64.7 Å². The van der Waals surface area contributed by atoms with Gasteiger partial charge in [0.2, 0.25) is 17.5 Å². The van der Waals surface area contributed by atoms with Gasteiger partial charge in [-0.25, -0.2) is 4.68 Å². The molecule has 1 aromatic heterocycles. The fourth-order valence-corrected chi connectivity index (χ4v) is 3.49. The smallest absolute Gasteiger partial charge is 0.230 e. The molecule has 8 nitrogen and oxygen atoms in total. The molecule has 0 aliphatic carbocycles. The number of aromatic nitrogens is 3. The Morgan fingerprint density at radius 3 is 2.24 bits per heavy atom. The number of carbonyl (C=O) groups excluding carboxylic acids is 2. The Balaban J connectivity index is 0.000000739. The van der Waals surface area contributed by atoms with E-state index in [2.05, 4.69) is 48.4 Å². The van der Waals surface area contributed by atoms with Gasteiger partial charge in [-0.05, 0) is 28.7 Å². The van der Waals surface area contributed by atoms with E-state index in [-0.39, 0.29) is 17.1 Å². The molecule has 0 spiro atoms. The Morgan fingerprint density at radius 2 is 1.71 bits per heavy atom. The number of nitrogens with one attached hydrogen (secondary N) is 1. The van der Waals surface area contributed by atoms with Crippen molar-refractivity contribution >= 4 is 35.7 Å². The van der Waals surface area contributed by atoms with Crippen molar-refractivity contribution in [2.45, 2.75) is 37.9 Å². The summed E-state index contributed by atoms with van der Waals surface area (Å²) in [6, 6.07) is 15.5. The molecule has 0 radical (unpaired) electrons. The second kappa shape index (κ2) is 12.4. The maximum Gasteiger partial charge on any atom is 0.230 e. The molecular weight excluding hydrogens is 472 g/mol. The van der Waals surface area contributed by atoms with E-state index in [4.69, 9.17) is 17.4 Å². The van der Waals surface area contributed by atoms with Crippen LogP contribution in [0.4, 0.5) is 0 Å². The molecule has 3 N–H and O–H groups in total. The highest BCUT2D eigenvalue weighted by Crippen LogP contribution is 2.26. The monoisotopic (exact) mass is 502 g/mol. The van der Waals surface area contributed by atoms with Gasteiger partial charge >= 0.3 is 0 Å². The first-order valence-corrected chi connectivity index (χ1v) is 11.9. The Bertz CT molecular complexity index is 1080. The number of thioether (sulfide) groups is 1. The van der Waals surface area contributed by atoms with Gasteiger partial charge in [0.25, 0.3) is 0 Å². The van der Waals surface area contributed by atoms with Crippen LogP contribution in [0.2, 0.25) is 5.02 Å². The van der Waals surface area contributed by atoms with E-state index in [0.717, 1.165) is 17.5 Å². The molecule has 0 unspecified atom stereocenters. The van der Waals surface area contributed by atoms with E-state index in [0.29, 0.717) is 22.5 Å². The largest absolute Gasteiger partial charge is 0.351 e. The third kappa shape index (κ3) is 8.39. The van der Waals surface area contributed by atoms with Gasteiger partial charge in [0, 0.05) is 31.2 Å². The lowest BCUT2D eigenvalue weighted by Crippen LogP contribution is -2.25. The van der Waals surface area contributed by atoms with E-state index in [1.54, 1.807) is 26.2 Å². The minimum atomic E-state index is -0.107. The summed E-state index contributed by atoms with van der Waals surface area (Å²) in [5, 5.41) is 12.3. The molecule has 0 saturated carbocycles. The van der Waals surface area contributed by atoms with E-state index in [1.165, 1.54) is 26.9 Å². The van der Waals surface area contributed by atoms with Crippen molar-refractivity contribution < 1.29 is 9.59 Å². The molecule has 2 aromatic carbocycles. The first kappa shape index (κ1) is 27.2. The van der Waals surface area contributed by atoms with Gasteiger partial charge in [-0.3, -0.25) is 9.59 Å². The Hall–Kier alpha value is -3.04. The highest BCUT2D eigenvalue weighted by atomic mass is 35.5. The zero-order chi connectivity index (χ0) is 25.3. The molecule has 2 amide bonds. The Labute approximate surface area is 209 Å². The third-order valence-corrected chi connectivity index (χ3v) is 5.81. The number of carbonyl (C=O) groups is 2. The highest BCUT2D eigenvalue weighted by molar-refractivity contribution is 7.99. The molecule has 3 rings (SSSR count). The van der Waals surface area contributed by atoms with Crippen LogP contribution < -0.4 is 11.2 Å². The van der Waals surface area contributed by atoms with Crippen LogP contribution in [-0.2, 0) is 21.5 Å². The fourth-order valence-electron chi connectivity index (χ4n) is 2.68. The third-order valence-electron chi connectivity index (χ3n) is 4.62. The maximum absolute atomic E-state index is 12.1. The first-order valence-electron chi connectivity index (χ1n) is 10.6. The first-order chi connectivity index (χ1) is 16.0. The van der Waals surface area contributed by atoms with Gasteiger partial charge in [0.1, 0.15) is 0 Å². The number of nitrogens with zero attached hydrogens (tertiary/aromatic N) is 4. The number of benzene rings is 2. The molecule has 0 saturated heterocycles. The predicted octanol–water partition coefficient (Wildman–Crippen LogP) is 3.72. The van der Waals surface area contributed by atoms with E-state index < -0.39 is 0 Å². The molecule has 1 heterocycles. The lowest BCUT2D eigenvalue weighted by atomic mass is 9.87. The predicted molar refractivity (Wildman–Crippen MR) is 138 cm³/mol. The topological polar surface area (TPSA) is 106 Å². The lowest BCUT2D eigenvalue weighted by molar-refractivity contribution is -0.118. The number of hydrogen-bond donors (Lipinski definition) is 2. The van der Waals surface area contributed by atoms with Gasteiger partial charge in [-0.1, -0.05) is 80.5 Å². The number of hydrogen-bond acceptors (Lipinski definition) is 6. The Kier molecular flexibility index (Phi) is 9.95. The zero-order valence-electron chi connectivity index (χ0n) is 20.1. The average molecular weight is 503 g/mol. The lowest BCUT2D eigenvalue weighted by Gasteiger charge is -2.19. The molecule has 0 atom stereocenters. The van der Waals surface area contributed by atoms with Gasteiger partial charge < -0.3 is 16.1 Å². The molecular formula is C24H31ClN6O2S. The van der Waals surface area contributed by atoms with E-state index in [1.807, 2.05) is 24.3 Å². The molecule has 3 aromatic rings. The van der Waals surface area contributed by atoms with Crippen LogP contribution in [0.1, 0.15) is 31.9 Å². The summed E-state index contributed by atoms with van der Waals surface area (Å²) < 4.78 is 1.42. The molecule has 0 aliphatic rings. The standard InChI is InChI=1S/C21H24ClN5OS.C3H7NO/c1-21(2,3)16-8-6-15(7-9-16)19-25-26-20(27(19)23)29-13-18(28)24-12-14-4-10-17(22)11-5-14;1-4(2)3-5/h4-11H,12-13,23H2,1-3H3,(H,24,28);3H,1-2H3. The second-order valence-electron chi connectivity index (χ2n) is 8.76. The van der Waals surface area contributed by atoms with E-state index >= 15 is 0 Å². The molecule has 0 fully saturated rings. The number of nitrogen functional groups attached to an aromatic ring is 1. The normalized spacial score (nSPS) is 10.8. The minimum absolute atomic E-state index is 0.0787. The minimum Gasteiger partial charge on any atom is -0.351 e. The van der Waals surface area contributed by atoms with Crippen LogP contribution >= 0.6 is 23.4 Å². The molecule has 10 heteroatoms. The van der Waals surface area contributed by atoms with Crippen LogP contribution in [0, 0.1) is 0 Å². The van der Waals surface area contributed by atoms with Crippen molar-refractivity contribution in [3.8, 4) is 11.4 Å². The van der Waals surface area contributed by atoms with Gasteiger partial charge in [-0.2, -0.15) is 0 Å². The summed E-state index contributed by atoms with van der Waals surface area (Å²) >= 11 is 7.11. The van der Waals surface area contributed by atoms with Gasteiger partial charge in [0.15, 0.2) is 5.82 Å². The van der Waals surface area contributed by atoms with Crippen molar-refractivity contribution in [1.29, 1.82) is 0 Å². The quantitative estimate of drug-likeness (QED) is 0.290. The van der Waals surface area contributed by atoms with Crippen LogP contribution in [0.25, 0.3) is 11.4 Å². The van der Waals surface area contributed by atoms with Crippen molar-refractivity contribution in [1.82, 2.24) is 25.1 Å². The van der Waals surface area contributed by atoms with Crippen molar-refractivity contribution in [2.24, 2.45) is 0 Å². The summed E-state index contributed by atoms with van der Waals surface area (Å²) in [4.78, 5) is 23.0. The second-order valence-corrected chi connectivity index (χ2v) is 10.1. The average Bonchev–Trinajstić information content (AvgIpc) is 3.17. The summed E-state index contributed by atoms with van der Waals surface area (Å²) in [7, 11) is 3.38. The fraction of sp³-hybridized carbons (Fsp3) is 0.333. The van der Waals surface area contributed by atoms with Crippen LogP contribution in [0.3, 0.4) is 0 Å². The number of amides is 2. The molecule has 0 bridgehead atoms. The maximum atomic E-state index is 12.1. The summed E-state index contributed by atoms with van der Waals surface area (Å²) in [5.74, 6) is 6.81. The van der Waals surface area contributed by atoms with Crippen LogP contribution in [0.15, 0.2) is 53.7 Å². The van der Waals surface area contributed by atoms with Gasteiger partial charge in [0.05, 0.1) is 5.75 Å². The summed E-state index contributed by atoms with van der Waals surface area (Å²) in [5.41, 5.74) is 3.18. The number of nitrogens with two attached hydrogens (primary N) is 1. The summed E-state index contributed by atoms with van der Waals surface area (Å²) in [6.45, 7) is 6.94. The Morgan fingerprint density at radius 1 is 1.12 bits per heavy atom. The van der Waals surface area contributed by atoms with Crippen LogP contribution in [0.5, 0.6) is 0 Å². The van der Waals surface area contributed by atoms with Crippen molar-refractivity contribution in [3.63, 3.8) is 0 Å². The van der Waals surface area contributed by atoms with E-state index in [9.17, 15) is 9.59 Å². The highest BCUT2D eigenvalue weighted by Gasteiger charge is 2.16. The SMILES string of the molecule is CC(C)(C)c1ccc(-c2nnc(SCC(=O)NCc3ccc(Cl)cc3)n2N)cc1.CN(C)C=O. The molecule has 182 valence electrons. The summed E-state index contributed by atoms with van der Waals surface area (Å²) in [6.07, 6.45) is 0.750. The number of rotatable bonds is 7. The van der Waals surface area contributed by atoms with Crippen molar-refractivity contribution in [2.75, 3.05) is 25.7 Å². The van der Waals surface area contributed by atoms with Crippen LogP contribution in [-0.4, -0.2) is 51.9 Å². The molecule has 34 heavy (non-hydrogen) atoms. The molecule has 0 aliphatic heterocycles. The number of halogens is 1. The zero-order valence-corrected chi connectivity index (χ0v) is 21.7.